The van der Waals surface area contributed by atoms with Gasteiger partial charge in [-0.1, -0.05) is 56.4 Å². The predicted molar refractivity (Wildman–Crippen MR) is 67.1 cm³/mol. The van der Waals surface area contributed by atoms with Crippen LogP contribution in [0.15, 0.2) is 30.3 Å². The molecule has 1 aliphatic rings. The molecule has 0 spiro atoms. The van der Waals surface area contributed by atoms with Crippen molar-refractivity contribution in [2.24, 2.45) is 0 Å². The second kappa shape index (κ2) is 6.53. The summed E-state index contributed by atoms with van der Waals surface area (Å²) in [6.45, 7) is 5.32. The summed E-state index contributed by atoms with van der Waals surface area (Å²) in [5.41, 5.74) is 1.21. The fourth-order valence-electron chi connectivity index (χ4n) is 1.37. The zero-order valence-corrected chi connectivity index (χ0v) is 10.0. The van der Waals surface area contributed by atoms with Gasteiger partial charge in [0.05, 0.1) is 6.61 Å². The van der Waals surface area contributed by atoms with Crippen LogP contribution in [0.4, 0.5) is 0 Å². The molecule has 1 unspecified atom stereocenters. The van der Waals surface area contributed by atoms with Gasteiger partial charge < -0.3 is 10.1 Å². The molecule has 0 amide bonds. The lowest BCUT2D eigenvalue weighted by atomic mass is 10.1. The van der Waals surface area contributed by atoms with Crippen molar-refractivity contribution in [3.63, 3.8) is 0 Å². The van der Waals surface area contributed by atoms with Crippen molar-refractivity contribution in [1.29, 1.82) is 0 Å². The molecular formula is C12H17NOS. The van der Waals surface area contributed by atoms with Crippen LogP contribution in [-0.2, 0) is 4.74 Å². The first-order valence-corrected chi connectivity index (χ1v) is 5.70. The summed E-state index contributed by atoms with van der Waals surface area (Å²) >= 11 is 4.97. The van der Waals surface area contributed by atoms with Gasteiger partial charge in [0.25, 0.3) is 0 Å². The summed E-state index contributed by atoms with van der Waals surface area (Å²) in [6, 6.07) is 10.2. The Hall–Kier alpha value is -0.930. The van der Waals surface area contributed by atoms with Crippen molar-refractivity contribution in [3.8, 4) is 0 Å². The van der Waals surface area contributed by atoms with E-state index in [1.165, 1.54) is 5.56 Å². The quantitative estimate of drug-likeness (QED) is 0.740. The third kappa shape index (κ3) is 3.61. The molecule has 15 heavy (non-hydrogen) atoms. The van der Waals surface area contributed by atoms with Crippen LogP contribution in [0.1, 0.15) is 25.5 Å². The minimum absolute atomic E-state index is 0.146. The van der Waals surface area contributed by atoms with Crippen molar-refractivity contribution in [2.75, 3.05) is 13.2 Å². The fraction of sp³-hybridized carbons (Fsp3) is 0.417. The van der Waals surface area contributed by atoms with Crippen LogP contribution < -0.4 is 5.32 Å². The van der Waals surface area contributed by atoms with Gasteiger partial charge in [-0.3, -0.25) is 0 Å². The van der Waals surface area contributed by atoms with Crippen molar-refractivity contribution in [3.05, 3.63) is 35.9 Å². The van der Waals surface area contributed by atoms with Gasteiger partial charge >= 0.3 is 0 Å². The Balaban J connectivity index is 0.000000531. The van der Waals surface area contributed by atoms with Gasteiger partial charge in [0.2, 0.25) is 0 Å². The number of thiocarbonyl (C=S) groups is 1. The van der Waals surface area contributed by atoms with E-state index < -0.39 is 0 Å². The standard InChI is InChI=1S/C10H11NOS.C2H6/c13-10-7-12-9(6-11-10)8-4-2-1-3-5-8;1-2/h1-5,9H,6-7H2,(H,11,13);1-2H3. The second-order valence-corrected chi connectivity index (χ2v) is 3.51. The van der Waals surface area contributed by atoms with Crippen LogP contribution in [0.25, 0.3) is 0 Å². The molecule has 0 radical (unpaired) electrons. The highest BCUT2D eigenvalue weighted by Gasteiger charge is 2.17. The summed E-state index contributed by atoms with van der Waals surface area (Å²) in [6.07, 6.45) is 0.146. The zero-order valence-electron chi connectivity index (χ0n) is 9.19. The highest BCUT2D eigenvalue weighted by atomic mass is 32.1. The second-order valence-electron chi connectivity index (χ2n) is 3.01. The summed E-state index contributed by atoms with van der Waals surface area (Å²) in [7, 11) is 0. The van der Waals surface area contributed by atoms with Crippen LogP contribution >= 0.6 is 12.2 Å². The summed E-state index contributed by atoms with van der Waals surface area (Å²) < 4.78 is 5.57. The van der Waals surface area contributed by atoms with Gasteiger partial charge in [-0.15, -0.1) is 0 Å². The third-order valence-corrected chi connectivity index (χ3v) is 2.33. The Bertz CT molecular complexity index is 290. The van der Waals surface area contributed by atoms with Gasteiger partial charge in [0, 0.05) is 6.54 Å². The molecule has 1 fully saturated rings. The van der Waals surface area contributed by atoms with Crippen LogP contribution in [0.5, 0.6) is 0 Å². The Morgan fingerprint density at radius 2 is 1.93 bits per heavy atom. The maximum atomic E-state index is 5.57. The highest BCUT2D eigenvalue weighted by Crippen LogP contribution is 2.18. The van der Waals surface area contributed by atoms with E-state index in [4.69, 9.17) is 17.0 Å². The Morgan fingerprint density at radius 3 is 2.47 bits per heavy atom. The van der Waals surface area contributed by atoms with Crippen LogP contribution in [0, 0.1) is 0 Å². The number of benzene rings is 1. The fourth-order valence-corrected chi connectivity index (χ4v) is 1.53. The van der Waals surface area contributed by atoms with E-state index in [2.05, 4.69) is 17.4 Å². The molecule has 1 aromatic rings. The SMILES string of the molecule is CC.S=C1COC(c2ccccc2)CN1. The highest BCUT2D eigenvalue weighted by molar-refractivity contribution is 7.80. The summed E-state index contributed by atoms with van der Waals surface area (Å²) in [5.74, 6) is 0. The molecule has 0 aromatic heterocycles. The third-order valence-electron chi connectivity index (χ3n) is 2.07. The lowest BCUT2D eigenvalue weighted by Crippen LogP contribution is -2.37. The first kappa shape index (κ1) is 12.1. The predicted octanol–water partition coefficient (Wildman–Crippen LogP) is 2.70. The van der Waals surface area contributed by atoms with Gasteiger partial charge in [-0.25, -0.2) is 0 Å². The van der Waals surface area contributed by atoms with Crippen molar-refractivity contribution in [1.82, 2.24) is 5.32 Å². The smallest absolute Gasteiger partial charge is 0.102 e. The molecule has 1 heterocycles. The van der Waals surface area contributed by atoms with E-state index in [0.717, 1.165) is 11.5 Å². The molecule has 1 N–H and O–H groups in total. The lowest BCUT2D eigenvalue weighted by molar-refractivity contribution is 0.0703. The minimum atomic E-state index is 0.146. The van der Waals surface area contributed by atoms with E-state index in [0.29, 0.717) is 6.61 Å². The summed E-state index contributed by atoms with van der Waals surface area (Å²) in [4.78, 5) is 0.798. The number of nitrogens with one attached hydrogen (secondary N) is 1. The molecule has 2 nitrogen and oxygen atoms in total. The molecule has 0 saturated carbocycles. The average molecular weight is 223 g/mol. The van der Waals surface area contributed by atoms with E-state index in [1.54, 1.807) is 0 Å². The van der Waals surface area contributed by atoms with Crippen molar-refractivity contribution < 1.29 is 4.74 Å². The van der Waals surface area contributed by atoms with E-state index in [-0.39, 0.29) is 6.10 Å². The van der Waals surface area contributed by atoms with E-state index >= 15 is 0 Å². The van der Waals surface area contributed by atoms with Gasteiger partial charge in [-0.05, 0) is 5.56 Å². The molecule has 1 aromatic carbocycles. The molecular weight excluding hydrogens is 206 g/mol. The van der Waals surface area contributed by atoms with Gasteiger partial charge in [0.1, 0.15) is 11.1 Å². The van der Waals surface area contributed by atoms with E-state index in [9.17, 15) is 0 Å². The average Bonchev–Trinajstić information content (AvgIpc) is 2.34. The normalized spacial score (nSPS) is 19.9. The molecule has 1 atom stereocenters. The molecule has 82 valence electrons. The first-order chi connectivity index (χ1) is 7.36. The molecule has 1 saturated heterocycles. The maximum absolute atomic E-state index is 5.57. The lowest BCUT2D eigenvalue weighted by Gasteiger charge is -2.24. The van der Waals surface area contributed by atoms with Crippen LogP contribution in [-0.4, -0.2) is 18.1 Å². The maximum Gasteiger partial charge on any atom is 0.102 e. The monoisotopic (exact) mass is 223 g/mol. The molecule has 0 aliphatic carbocycles. The number of morpholine rings is 1. The molecule has 0 bridgehead atoms. The zero-order chi connectivity index (χ0) is 11.1. The van der Waals surface area contributed by atoms with Gasteiger partial charge in [-0.2, -0.15) is 0 Å². The van der Waals surface area contributed by atoms with Crippen LogP contribution in [0.2, 0.25) is 0 Å². The largest absolute Gasteiger partial charge is 0.375 e. The number of hydrogen-bond acceptors (Lipinski definition) is 2. The molecule has 2 rings (SSSR count). The van der Waals surface area contributed by atoms with E-state index in [1.807, 2.05) is 32.0 Å². The van der Waals surface area contributed by atoms with Crippen molar-refractivity contribution >= 4 is 17.2 Å². The number of ether oxygens (including phenoxy) is 1. The first-order valence-electron chi connectivity index (χ1n) is 5.29. The number of hydrogen-bond donors (Lipinski definition) is 1. The van der Waals surface area contributed by atoms with Crippen LogP contribution in [0.3, 0.4) is 0 Å². The molecule has 1 aliphatic heterocycles. The molecule has 3 heteroatoms. The Labute approximate surface area is 96.6 Å². The van der Waals surface area contributed by atoms with Crippen molar-refractivity contribution in [2.45, 2.75) is 20.0 Å². The minimum Gasteiger partial charge on any atom is -0.375 e. The Morgan fingerprint density at radius 1 is 1.27 bits per heavy atom. The summed E-state index contributed by atoms with van der Waals surface area (Å²) in [5, 5.41) is 3.14. The Kier molecular flexibility index (Phi) is 5.29. The topological polar surface area (TPSA) is 21.3 Å². The van der Waals surface area contributed by atoms with Gasteiger partial charge in [0.15, 0.2) is 0 Å². The number of rotatable bonds is 1.